The third-order valence-corrected chi connectivity index (χ3v) is 4.06. The van der Waals surface area contributed by atoms with Crippen LogP contribution in [0.1, 0.15) is 23.5 Å². The topological polar surface area (TPSA) is 46.2 Å². The van der Waals surface area contributed by atoms with Crippen molar-refractivity contribution in [2.75, 3.05) is 23.8 Å². The zero-order valence-electron chi connectivity index (χ0n) is 11.2. The van der Waals surface area contributed by atoms with E-state index in [2.05, 4.69) is 39.9 Å². The summed E-state index contributed by atoms with van der Waals surface area (Å²) in [5, 5.41) is 6.92. The van der Waals surface area contributed by atoms with E-state index < -0.39 is 0 Å². The van der Waals surface area contributed by atoms with E-state index in [1.54, 1.807) is 0 Å². The van der Waals surface area contributed by atoms with Gasteiger partial charge in [0.1, 0.15) is 5.82 Å². The number of aromatic nitrogens is 1. The molecule has 0 amide bonds. The summed E-state index contributed by atoms with van der Waals surface area (Å²) in [6.45, 7) is 2.52. The molecule has 0 saturated carbocycles. The van der Waals surface area contributed by atoms with Crippen LogP contribution >= 0.6 is 0 Å². The van der Waals surface area contributed by atoms with E-state index in [1.807, 2.05) is 12.3 Å². The first-order valence-corrected chi connectivity index (χ1v) is 7.06. The Morgan fingerprint density at radius 1 is 1.20 bits per heavy atom. The standard InChI is InChI=1S/C16H17N3O/c1-2-12-9-18-15-8-11(13-5-7-20-10-13)3-4-14(15)19-16(12)17-6-1/h1-4,6,8,13,18H,5,7,9-10H2,(H,17,19). The summed E-state index contributed by atoms with van der Waals surface area (Å²) < 4.78 is 5.48. The lowest BCUT2D eigenvalue weighted by Crippen LogP contribution is -2.01. The number of hydrogen-bond donors (Lipinski definition) is 2. The Labute approximate surface area is 118 Å². The molecule has 2 aromatic rings. The average Bonchev–Trinajstić information content (AvgIpc) is 2.95. The van der Waals surface area contributed by atoms with Crippen LogP contribution in [0, 0.1) is 0 Å². The van der Waals surface area contributed by atoms with Crippen molar-refractivity contribution in [3.05, 3.63) is 47.7 Å². The molecule has 102 valence electrons. The van der Waals surface area contributed by atoms with Gasteiger partial charge >= 0.3 is 0 Å². The number of benzene rings is 1. The molecule has 0 bridgehead atoms. The van der Waals surface area contributed by atoms with Gasteiger partial charge in [-0.2, -0.15) is 0 Å². The van der Waals surface area contributed by atoms with E-state index in [4.69, 9.17) is 4.74 Å². The van der Waals surface area contributed by atoms with Gasteiger partial charge in [0, 0.05) is 30.8 Å². The highest BCUT2D eigenvalue weighted by Gasteiger charge is 2.20. The van der Waals surface area contributed by atoms with Crippen molar-refractivity contribution in [2.45, 2.75) is 18.9 Å². The molecule has 4 nitrogen and oxygen atoms in total. The molecule has 2 aliphatic heterocycles. The highest BCUT2D eigenvalue weighted by atomic mass is 16.5. The molecule has 4 heteroatoms. The first kappa shape index (κ1) is 11.7. The summed E-state index contributed by atoms with van der Waals surface area (Å²) in [5.74, 6) is 1.47. The number of fused-ring (bicyclic) bond motifs is 2. The molecule has 4 rings (SSSR count). The summed E-state index contributed by atoms with van der Waals surface area (Å²) in [7, 11) is 0. The summed E-state index contributed by atoms with van der Waals surface area (Å²) in [6, 6.07) is 10.6. The van der Waals surface area contributed by atoms with Crippen molar-refractivity contribution in [1.29, 1.82) is 0 Å². The van der Waals surface area contributed by atoms with E-state index in [1.165, 1.54) is 11.1 Å². The molecular weight excluding hydrogens is 250 g/mol. The SMILES string of the molecule is c1cnc2c(c1)CNc1cc(C3CCOC3)ccc1N2. The molecule has 3 heterocycles. The van der Waals surface area contributed by atoms with E-state index in [0.29, 0.717) is 5.92 Å². The maximum Gasteiger partial charge on any atom is 0.135 e. The molecule has 20 heavy (non-hydrogen) atoms. The van der Waals surface area contributed by atoms with Gasteiger partial charge in [0.15, 0.2) is 0 Å². The minimum atomic E-state index is 0.533. The lowest BCUT2D eigenvalue weighted by Gasteiger charge is -2.13. The molecule has 1 atom stereocenters. The molecular formula is C16H17N3O. The Balaban J connectivity index is 1.68. The fourth-order valence-electron chi connectivity index (χ4n) is 2.88. The molecule has 0 radical (unpaired) electrons. The fourth-order valence-corrected chi connectivity index (χ4v) is 2.88. The highest BCUT2D eigenvalue weighted by Crippen LogP contribution is 2.34. The maximum atomic E-state index is 5.48. The molecule has 0 aliphatic carbocycles. The van der Waals surface area contributed by atoms with Crippen LogP contribution < -0.4 is 10.6 Å². The summed E-state index contributed by atoms with van der Waals surface area (Å²) in [4.78, 5) is 4.41. The van der Waals surface area contributed by atoms with Crippen molar-refractivity contribution in [2.24, 2.45) is 0 Å². The van der Waals surface area contributed by atoms with Crippen LogP contribution in [0.15, 0.2) is 36.5 Å². The monoisotopic (exact) mass is 267 g/mol. The molecule has 1 fully saturated rings. The van der Waals surface area contributed by atoms with E-state index in [-0.39, 0.29) is 0 Å². The van der Waals surface area contributed by atoms with Crippen molar-refractivity contribution >= 4 is 17.2 Å². The maximum absolute atomic E-state index is 5.48. The van der Waals surface area contributed by atoms with E-state index in [9.17, 15) is 0 Å². The molecule has 1 aromatic heterocycles. The van der Waals surface area contributed by atoms with Crippen molar-refractivity contribution < 1.29 is 4.74 Å². The van der Waals surface area contributed by atoms with Gasteiger partial charge in [-0.1, -0.05) is 12.1 Å². The van der Waals surface area contributed by atoms with Crippen LogP contribution in [0.5, 0.6) is 0 Å². The first-order chi connectivity index (χ1) is 9.90. The Hall–Kier alpha value is -2.07. The Bertz CT molecular complexity index is 635. The number of pyridine rings is 1. The predicted octanol–water partition coefficient (Wildman–Crippen LogP) is 3.25. The predicted molar refractivity (Wildman–Crippen MR) is 79.5 cm³/mol. The van der Waals surface area contributed by atoms with Gasteiger partial charge in [0.05, 0.1) is 18.0 Å². The lowest BCUT2D eigenvalue weighted by molar-refractivity contribution is 0.194. The van der Waals surface area contributed by atoms with Gasteiger partial charge in [0.2, 0.25) is 0 Å². The largest absolute Gasteiger partial charge is 0.381 e. The minimum Gasteiger partial charge on any atom is -0.381 e. The van der Waals surface area contributed by atoms with Gasteiger partial charge in [0.25, 0.3) is 0 Å². The Morgan fingerprint density at radius 3 is 3.10 bits per heavy atom. The summed E-state index contributed by atoms with van der Waals surface area (Å²) in [6.07, 6.45) is 2.94. The Morgan fingerprint density at radius 2 is 2.20 bits per heavy atom. The van der Waals surface area contributed by atoms with Gasteiger partial charge in [-0.05, 0) is 30.2 Å². The van der Waals surface area contributed by atoms with Gasteiger partial charge < -0.3 is 15.4 Å². The van der Waals surface area contributed by atoms with Gasteiger partial charge in [-0.3, -0.25) is 0 Å². The Kier molecular flexibility index (Phi) is 2.81. The van der Waals surface area contributed by atoms with Crippen LogP contribution in [-0.4, -0.2) is 18.2 Å². The van der Waals surface area contributed by atoms with Crippen molar-refractivity contribution in [3.8, 4) is 0 Å². The number of anilines is 3. The third-order valence-electron chi connectivity index (χ3n) is 4.06. The van der Waals surface area contributed by atoms with E-state index >= 15 is 0 Å². The number of rotatable bonds is 1. The molecule has 1 saturated heterocycles. The summed E-state index contributed by atoms with van der Waals surface area (Å²) >= 11 is 0. The second-order valence-electron chi connectivity index (χ2n) is 5.36. The molecule has 2 aliphatic rings. The second kappa shape index (κ2) is 4.80. The molecule has 0 spiro atoms. The number of nitrogens with zero attached hydrogens (tertiary/aromatic N) is 1. The average molecular weight is 267 g/mol. The van der Waals surface area contributed by atoms with E-state index in [0.717, 1.165) is 43.4 Å². The van der Waals surface area contributed by atoms with Crippen molar-refractivity contribution in [3.63, 3.8) is 0 Å². The van der Waals surface area contributed by atoms with Gasteiger partial charge in [-0.25, -0.2) is 4.98 Å². The van der Waals surface area contributed by atoms with Crippen LogP contribution in [0.3, 0.4) is 0 Å². The summed E-state index contributed by atoms with van der Waals surface area (Å²) in [5.41, 5.74) is 4.78. The second-order valence-corrected chi connectivity index (χ2v) is 5.36. The third kappa shape index (κ3) is 2.02. The minimum absolute atomic E-state index is 0.533. The molecule has 2 N–H and O–H groups in total. The van der Waals surface area contributed by atoms with Crippen molar-refractivity contribution in [1.82, 2.24) is 4.98 Å². The zero-order chi connectivity index (χ0) is 13.4. The highest BCUT2D eigenvalue weighted by molar-refractivity contribution is 5.77. The first-order valence-electron chi connectivity index (χ1n) is 7.06. The smallest absolute Gasteiger partial charge is 0.135 e. The number of ether oxygens (including phenoxy) is 1. The van der Waals surface area contributed by atoms with Crippen LogP contribution in [-0.2, 0) is 11.3 Å². The van der Waals surface area contributed by atoms with Crippen LogP contribution in [0.25, 0.3) is 0 Å². The number of hydrogen-bond acceptors (Lipinski definition) is 4. The molecule has 1 aromatic carbocycles. The van der Waals surface area contributed by atoms with Crippen LogP contribution in [0.4, 0.5) is 17.2 Å². The van der Waals surface area contributed by atoms with Crippen LogP contribution in [0.2, 0.25) is 0 Å². The number of nitrogens with one attached hydrogen (secondary N) is 2. The normalized spacial score (nSPS) is 20.3. The van der Waals surface area contributed by atoms with Gasteiger partial charge in [-0.15, -0.1) is 0 Å². The fraction of sp³-hybridized carbons (Fsp3) is 0.312. The quantitative estimate of drug-likeness (QED) is 0.832. The zero-order valence-corrected chi connectivity index (χ0v) is 11.2. The lowest BCUT2D eigenvalue weighted by atomic mass is 9.97. The molecule has 1 unspecified atom stereocenters.